The van der Waals surface area contributed by atoms with Gasteiger partial charge in [-0.3, -0.25) is 10.1 Å². The van der Waals surface area contributed by atoms with E-state index in [9.17, 15) is 9.90 Å². The lowest BCUT2D eigenvalue weighted by molar-refractivity contribution is -0.139. The van der Waals surface area contributed by atoms with Gasteiger partial charge in [0.15, 0.2) is 0 Å². The Morgan fingerprint density at radius 1 is 1.07 bits per heavy atom. The fraction of sp³-hybridized carbons (Fsp3) is 0.240. The quantitative estimate of drug-likeness (QED) is 0.372. The molecule has 1 heterocycles. The first kappa shape index (κ1) is 20.0. The number of carbonyl (C=O) groups is 1. The number of aromatic amines is 1. The summed E-state index contributed by atoms with van der Waals surface area (Å²) < 4.78 is 5.96. The number of aliphatic carboxylic acids is 1. The van der Waals surface area contributed by atoms with Gasteiger partial charge in [0, 0.05) is 35.6 Å². The van der Waals surface area contributed by atoms with E-state index in [0.717, 1.165) is 45.0 Å². The summed E-state index contributed by atoms with van der Waals surface area (Å²) in [7, 11) is 0. The van der Waals surface area contributed by atoms with E-state index >= 15 is 0 Å². The fourth-order valence-corrected chi connectivity index (χ4v) is 3.84. The molecule has 5 heteroatoms. The number of carboxylic acids is 1. The first-order valence-corrected chi connectivity index (χ1v) is 10.3. The summed E-state index contributed by atoms with van der Waals surface area (Å²) in [5.74, 6) is -0.0594. The van der Waals surface area contributed by atoms with Crippen molar-refractivity contribution in [1.82, 2.24) is 10.3 Å². The predicted molar refractivity (Wildman–Crippen MR) is 120 cm³/mol. The van der Waals surface area contributed by atoms with Gasteiger partial charge in [-0.2, -0.15) is 0 Å². The van der Waals surface area contributed by atoms with E-state index in [1.54, 1.807) is 0 Å². The van der Waals surface area contributed by atoms with Crippen LogP contribution >= 0.6 is 0 Å². The van der Waals surface area contributed by atoms with Crippen LogP contribution in [0.15, 0.2) is 66.9 Å². The van der Waals surface area contributed by atoms with Crippen LogP contribution in [0.2, 0.25) is 0 Å². The highest BCUT2D eigenvalue weighted by Crippen LogP contribution is 2.28. The van der Waals surface area contributed by atoms with Crippen molar-refractivity contribution in [1.29, 1.82) is 0 Å². The Bertz CT molecular complexity index is 1170. The van der Waals surface area contributed by atoms with Crippen LogP contribution in [0.4, 0.5) is 0 Å². The maximum atomic E-state index is 12.0. The third-order valence-corrected chi connectivity index (χ3v) is 5.38. The third-order valence-electron chi connectivity index (χ3n) is 5.38. The Hall–Kier alpha value is -3.31. The number of rotatable bonds is 9. The number of carboxylic acid groups (broad SMARTS) is 1. The Balaban J connectivity index is 1.59. The summed E-state index contributed by atoms with van der Waals surface area (Å²) in [6.07, 6.45) is 3.21. The van der Waals surface area contributed by atoms with E-state index in [1.807, 2.05) is 54.7 Å². The monoisotopic (exact) mass is 402 g/mol. The molecule has 0 aliphatic heterocycles. The highest BCUT2D eigenvalue weighted by atomic mass is 16.5. The molecular formula is C25H26N2O3. The zero-order chi connectivity index (χ0) is 20.9. The first-order valence-electron chi connectivity index (χ1n) is 10.3. The summed E-state index contributed by atoms with van der Waals surface area (Å²) in [6, 6.07) is 19.4. The molecule has 0 radical (unpaired) electrons. The van der Waals surface area contributed by atoms with Crippen molar-refractivity contribution in [2.45, 2.75) is 32.4 Å². The molecule has 0 aliphatic rings. The molecule has 0 saturated heterocycles. The molecular weight excluding hydrogens is 376 g/mol. The Labute approximate surface area is 175 Å². The Morgan fingerprint density at radius 2 is 1.83 bits per heavy atom. The second-order valence-corrected chi connectivity index (χ2v) is 7.45. The number of benzene rings is 3. The van der Waals surface area contributed by atoms with E-state index in [-0.39, 0.29) is 0 Å². The number of aromatic nitrogens is 1. The number of ether oxygens (including phenoxy) is 1. The average Bonchev–Trinajstić information content (AvgIpc) is 3.18. The van der Waals surface area contributed by atoms with Crippen LogP contribution in [-0.4, -0.2) is 28.7 Å². The van der Waals surface area contributed by atoms with E-state index in [4.69, 9.17) is 4.74 Å². The van der Waals surface area contributed by atoms with Crippen molar-refractivity contribution in [3.05, 3.63) is 78.0 Å². The number of para-hydroxylation sites is 1. The van der Waals surface area contributed by atoms with Crippen LogP contribution in [0.1, 0.15) is 24.5 Å². The Morgan fingerprint density at radius 3 is 2.63 bits per heavy atom. The summed E-state index contributed by atoms with van der Waals surface area (Å²) in [6.45, 7) is 3.11. The third kappa shape index (κ3) is 4.16. The molecule has 30 heavy (non-hydrogen) atoms. The summed E-state index contributed by atoms with van der Waals surface area (Å²) >= 11 is 0. The topological polar surface area (TPSA) is 74.3 Å². The molecule has 1 unspecified atom stereocenters. The molecule has 0 bridgehead atoms. The van der Waals surface area contributed by atoms with Crippen LogP contribution in [-0.2, 0) is 17.8 Å². The van der Waals surface area contributed by atoms with Crippen LogP contribution in [0.5, 0.6) is 5.75 Å². The minimum absolute atomic E-state index is 0.398. The summed E-state index contributed by atoms with van der Waals surface area (Å²) in [5, 5.41) is 16.3. The second-order valence-electron chi connectivity index (χ2n) is 7.45. The van der Waals surface area contributed by atoms with Gasteiger partial charge in [0.25, 0.3) is 0 Å². The van der Waals surface area contributed by atoms with Gasteiger partial charge in [0.2, 0.25) is 0 Å². The van der Waals surface area contributed by atoms with Crippen molar-refractivity contribution in [3.8, 4) is 5.75 Å². The van der Waals surface area contributed by atoms with Gasteiger partial charge in [-0.1, -0.05) is 55.5 Å². The molecule has 154 valence electrons. The highest BCUT2D eigenvalue weighted by molar-refractivity contribution is 5.88. The zero-order valence-electron chi connectivity index (χ0n) is 17.0. The molecule has 3 aromatic carbocycles. The van der Waals surface area contributed by atoms with Gasteiger partial charge in [0.1, 0.15) is 11.8 Å². The lowest BCUT2D eigenvalue weighted by atomic mass is 10.0. The van der Waals surface area contributed by atoms with Gasteiger partial charge < -0.3 is 14.8 Å². The predicted octanol–water partition coefficient (Wildman–Crippen LogP) is 4.90. The highest BCUT2D eigenvalue weighted by Gasteiger charge is 2.20. The van der Waals surface area contributed by atoms with Crippen LogP contribution in [0, 0.1) is 0 Å². The van der Waals surface area contributed by atoms with Crippen molar-refractivity contribution in [2.24, 2.45) is 0 Å². The first-order chi connectivity index (χ1) is 14.7. The summed E-state index contributed by atoms with van der Waals surface area (Å²) in [5.41, 5.74) is 3.00. The van der Waals surface area contributed by atoms with Gasteiger partial charge in [-0.25, -0.2) is 0 Å². The maximum Gasteiger partial charge on any atom is 0.321 e. The zero-order valence-corrected chi connectivity index (χ0v) is 17.0. The summed E-state index contributed by atoms with van der Waals surface area (Å²) in [4.78, 5) is 15.2. The molecule has 0 spiro atoms. The second kappa shape index (κ2) is 9.01. The molecule has 4 rings (SSSR count). The number of fused-ring (bicyclic) bond motifs is 2. The smallest absolute Gasteiger partial charge is 0.321 e. The van der Waals surface area contributed by atoms with E-state index in [2.05, 4.69) is 29.4 Å². The maximum absolute atomic E-state index is 12.0. The molecule has 1 aromatic heterocycles. The van der Waals surface area contributed by atoms with Crippen molar-refractivity contribution in [3.63, 3.8) is 0 Å². The number of hydrogen-bond donors (Lipinski definition) is 3. The molecule has 0 fully saturated rings. The lowest BCUT2D eigenvalue weighted by Gasteiger charge is -2.18. The van der Waals surface area contributed by atoms with Gasteiger partial charge in [-0.05, 0) is 34.9 Å². The molecule has 1 atom stereocenters. The molecule has 5 nitrogen and oxygen atoms in total. The van der Waals surface area contributed by atoms with Gasteiger partial charge >= 0.3 is 5.97 Å². The van der Waals surface area contributed by atoms with E-state index < -0.39 is 12.0 Å². The SMILES string of the molecule is CCCOc1ccc2ccccc2c1CNC(Cc1c[nH]c2ccccc12)C(=O)O. The van der Waals surface area contributed by atoms with Crippen molar-refractivity contribution < 1.29 is 14.6 Å². The minimum Gasteiger partial charge on any atom is -0.493 e. The van der Waals surface area contributed by atoms with Crippen molar-refractivity contribution in [2.75, 3.05) is 6.61 Å². The average molecular weight is 402 g/mol. The number of hydrogen-bond acceptors (Lipinski definition) is 3. The Kier molecular flexibility index (Phi) is 6.00. The van der Waals surface area contributed by atoms with Gasteiger partial charge in [-0.15, -0.1) is 0 Å². The van der Waals surface area contributed by atoms with E-state index in [1.165, 1.54) is 0 Å². The van der Waals surface area contributed by atoms with Crippen LogP contribution in [0.25, 0.3) is 21.7 Å². The molecule has 0 amide bonds. The number of nitrogens with one attached hydrogen (secondary N) is 2. The van der Waals surface area contributed by atoms with Crippen molar-refractivity contribution >= 4 is 27.6 Å². The van der Waals surface area contributed by atoms with E-state index in [0.29, 0.717) is 19.6 Å². The van der Waals surface area contributed by atoms with Gasteiger partial charge in [0.05, 0.1) is 6.61 Å². The lowest BCUT2D eigenvalue weighted by Crippen LogP contribution is -2.38. The molecule has 4 aromatic rings. The fourth-order valence-electron chi connectivity index (χ4n) is 3.84. The van der Waals surface area contributed by atoms with Crippen LogP contribution in [0.3, 0.4) is 0 Å². The molecule has 3 N–H and O–H groups in total. The molecule has 0 aliphatic carbocycles. The van der Waals surface area contributed by atoms with Crippen LogP contribution < -0.4 is 10.1 Å². The minimum atomic E-state index is -0.864. The standard InChI is InChI=1S/C25H26N2O3/c1-2-13-30-24-12-11-17-7-3-4-8-19(17)21(24)16-27-23(25(28)29)14-18-15-26-22-10-6-5-9-20(18)22/h3-12,15,23,26-27H,2,13-14,16H2,1H3,(H,28,29). The largest absolute Gasteiger partial charge is 0.493 e. The molecule has 0 saturated carbocycles. The normalized spacial score (nSPS) is 12.3. The number of H-pyrrole nitrogens is 1.